The maximum Gasteiger partial charge on any atom is 0.146 e. The van der Waals surface area contributed by atoms with Gasteiger partial charge in [-0.05, 0) is 33.6 Å². The molecule has 0 radical (unpaired) electrons. The molecule has 0 saturated carbocycles. The van der Waals surface area contributed by atoms with Gasteiger partial charge in [0.2, 0.25) is 0 Å². The first kappa shape index (κ1) is 11.0. The van der Waals surface area contributed by atoms with Gasteiger partial charge in [-0.1, -0.05) is 0 Å². The molecule has 0 atom stereocenters. The Labute approximate surface area is 103 Å². The maximum atomic E-state index is 4.23. The summed E-state index contributed by atoms with van der Waals surface area (Å²) in [5, 5.41) is 0. The summed E-state index contributed by atoms with van der Waals surface area (Å²) >= 11 is 3.43. The lowest BCUT2D eigenvalue weighted by Gasteiger charge is -2.18. The van der Waals surface area contributed by atoms with Gasteiger partial charge < -0.3 is 4.90 Å². The molecule has 2 aromatic rings. The summed E-state index contributed by atoms with van der Waals surface area (Å²) < 4.78 is 0.895. The van der Waals surface area contributed by atoms with Crippen LogP contribution >= 0.6 is 15.9 Å². The van der Waals surface area contributed by atoms with Crippen molar-refractivity contribution in [2.75, 3.05) is 11.9 Å². The van der Waals surface area contributed by atoms with E-state index in [1.807, 2.05) is 19.2 Å². The van der Waals surface area contributed by atoms with E-state index < -0.39 is 0 Å². The molecule has 0 saturated heterocycles. The first-order chi connectivity index (χ1) is 7.77. The second-order valence-electron chi connectivity index (χ2n) is 3.41. The van der Waals surface area contributed by atoms with Gasteiger partial charge in [-0.15, -0.1) is 0 Å². The zero-order valence-electron chi connectivity index (χ0n) is 8.84. The fraction of sp³-hybridized carbons (Fsp3) is 0.182. The van der Waals surface area contributed by atoms with Crippen LogP contribution in [0.4, 0.5) is 5.82 Å². The van der Waals surface area contributed by atoms with Crippen LogP contribution in [0.3, 0.4) is 0 Å². The summed E-state index contributed by atoms with van der Waals surface area (Å²) in [6.45, 7) is 0.790. The summed E-state index contributed by atoms with van der Waals surface area (Å²) in [6.07, 6.45) is 6.87. The Morgan fingerprint density at radius 1 is 1.25 bits per heavy atom. The number of rotatable bonds is 3. The minimum absolute atomic E-state index is 0.790. The molecule has 5 heteroatoms. The molecule has 82 valence electrons. The Kier molecular flexibility index (Phi) is 3.46. The molecule has 0 amide bonds. The van der Waals surface area contributed by atoms with Crippen LogP contribution in [0.1, 0.15) is 5.56 Å². The lowest BCUT2D eigenvalue weighted by atomic mass is 10.2. The van der Waals surface area contributed by atoms with E-state index in [4.69, 9.17) is 0 Å². The maximum absolute atomic E-state index is 4.23. The number of pyridine rings is 1. The van der Waals surface area contributed by atoms with E-state index in [1.54, 1.807) is 24.9 Å². The Morgan fingerprint density at radius 2 is 2.00 bits per heavy atom. The summed E-state index contributed by atoms with van der Waals surface area (Å²) in [6, 6.07) is 3.98. The Balaban J connectivity index is 2.15. The minimum atomic E-state index is 0.790. The summed E-state index contributed by atoms with van der Waals surface area (Å²) in [5.74, 6) is 0.881. The summed E-state index contributed by atoms with van der Waals surface area (Å²) in [4.78, 5) is 14.2. The number of halogens is 1. The van der Waals surface area contributed by atoms with Crippen molar-refractivity contribution in [1.29, 1.82) is 0 Å². The molecule has 0 aliphatic carbocycles. The molecule has 0 bridgehead atoms. The van der Waals surface area contributed by atoms with Gasteiger partial charge in [0.05, 0.1) is 4.47 Å². The van der Waals surface area contributed by atoms with Gasteiger partial charge in [0.1, 0.15) is 12.1 Å². The third kappa shape index (κ3) is 2.55. The zero-order valence-corrected chi connectivity index (χ0v) is 10.4. The number of nitrogens with zero attached hydrogens (tertiary/aromatic N) is 4. The molecular formula is C11H11BrN4. The number of hydrogen-bond acceptors (Lipinski definition) is 4. The van der Waals surface area contributed by atoms with E-state index in [-0.39, 0.29) is 0 Å². The van der Waals surface area contributed by atoms with Gasteiger partial charge in [-0.3, -0.25) is 4.98 Å². The van der Waals surface area contributed by atoms with Crippen LogP contribution in [0.25, 0.3) is 0 Å². The Hall–Kier alpha value is -1.49. The number of aromatic nitrogens is 3. The van der Waals surface area contributed by atoms with E-state index in [1.165, 1.54) is 5.56 Å². The van der Waals surface area contributed by atoms with Crippen molar-refractivity contribution < 1.29 is 0 Å². The Morgan fingerprint density at radius 3 is 2.69 bits per heavy atom. The first-order valence-corrected chi connectivity index (χ1v) is 5.62. The fourth-order valence-corrected chi connectivity index (χ4v) is 1.95. The molecule has 2 aromatic heterocycles. The van der Waals surface area contributed by atoms with Crippen molar-refractivity contribution >= 4 is 21.7 Å². The van der Waals surface area contributed by atoms with Crippen molar-refractivity contribution in [1.82, 2.24) is 15.0 Å². The van der Waals surface area contributed by atoms with E-state index >= 15 is 0 Å². The van der Waals surface area contributed by atoms with Crippen LogP contribution < -0.4 is 4.90 Å². The fourth-order valence-electron chi connectivity index (χ4n) is 1.42. The van der Waals surface area contributed by atoms with Gasteiger partial charge in [-0.25, -0.2) is 9.97 Å². The molecule has 0 aliphatic heterocycles. The lowest BCUT2D eigenvalue weighted by Crippen LogP contribution is -2.18. The topological polar surface area (TPSA) is 41.9 Å². The van der Waals surface area contributed by atoms with Crippen LogP contribution in [0.15, 0.2) is 41.5 Å². The summed E-state index contributed by atoms with van der Waals surface area (Å²) in [7, 11) is 1.99. The quantitative estimate of drug-likeness (QED) is 0.864. The normalized spacial score (nSPS) is 10.1. The highest BCUT2D eigenvalue weighted by Crippen LogP contribution is 2.21. The molecule has 2 heterocycles. The van der Waals surface area contributed by atoms with Crippen LogP contribution in [-0.2, 0) is 6.54 Å². The van der Waals surface area contributed by atoms with Crippen LogP contribution in [-0.4, -0.2) is 22.0 Å². The second-order valence-corrected chi connectivity index (χ2v) is 4.26. The molecule has 2 rings (SSSR count). The largest absolute Gasteiger partial charge is 0.354 e. The smallest absolute Gasteiger partial charge is 0.146 e. The highest BCUT2D eigenvalue weighted by atomic mass is 79.9. The molecule has 0 aromatic carbocycles. The van der Waals surface area contributed by atoms with Crippen LogP contribution in [0, 0.1) is 0 Å². The molecule has 0 aliphatic rings. The van der Waals surface area contributed by atoms with Crippen molar-refractivity contribution in [3.8, 4) is 0 Å². The third-order valence-corrected chi connectivity index (χ3v) is 2.74. The minimum Gasteiger partial charge on any atom is -0.354 e. The third-order valence-electron chi connectivity index (χ3n) is 2.18. The average molecular weight is 279 g/mol. The molecule has 0 unspecified atom stereocenters. The molecule has 0 fully saturated rings. The number of anilines is 1. The first-order valence-electron chi connectivity index (χ1n) is 4.83. The van der Waals surface area contributed by atoms with Crippen molar-refractivity contribution in [3.05, 3.63) is 47.1 Å². The Bertz CT molecular complexity index is 461. The molecule has 0 N–H and O–H groups in total. The predicted molar refractivity (Wildman–Crippen MR) is 66.1 cm³/mol. The van der Waals surface area contributed by atoms with Gasteiger partial charge in [-0.2, -0.15) is 0 Å². The predicted octanol–water partition coefficient (Wildman–Crippen LogP) is 2.27. The van der Waals surface area contributed by atoms with E-state index in [0.717, 1.165) is 16.8 Å². The van der Waals surface area contributed by atoms with E-state index in [2.05, 4.69) is 35.8 Å². The van der Waals surface area contributed by atoms with Gasteiger partial charge in [0.25, 0.3) is 0 Å². The average Bonchev–Trinajstić information content (AvgIpc) is 2.31. The van der Waals surface area contributed by atoms with Crippen molar-refractivity contribution in [2.45, 2.75) is 6.54 Å². The van der Waals surface area contributed by atoms with Gasteiger partial charge in [0.15, 0.2) is 0 Å². The van der Waals surface area contributed by atoms with Gasteiger partial charge >= 0.3 is 0 Å². The highest BCUT2D eigenvalue weighted by Gasteiger charge is 2.07. The number of hydrogen-bond donors (Lipinski definition) is 0. The second kappa shape index (κ2) is 5.03. The standard InChI is InChI=1S/C11H11BrN4/c1-16(7-9-2-4-13-5-3-9)11-10(12)6-14-8-15-11/h2-6,8H,7H2,1H3. The van der Waals surface area contributed by atoms with Crippen molar-refractivity contribution in [3.63, 3.8) is 0 Å². The van der Waals surface area contributed by atoms with Gasteiger partial charge in [0, 0.05) is 32.2 Å². The molecule has 0 spiro atoms. The molecular weight excluding hydrogens is 268 g/mol. The van der Waals surface area contributed by atoms with Crippen LogP contribution in [0.5, 0.6) is 0 Å². The lowest BCUT2D eigenvalue weighted by molar-refractivity contribution is 0.883. The summed E-state index contributed by atoms with van der Waals surface area (Å²) in [5.41, 5.74) is 1.20. The monoisotopic (exact) mass is 278 g/mol. The van der Waals surface area contributed by atoms with E-state index in [9.17, 15) is 0 Å². The molecule has 16 heavy (non-hydrogen) atoms. The SMILES string of the molecule is CN(Cc1ccncc1)c1ncncc1Br. The van der Waals surface area contributed by atoms with Crippen molar-refractivity contribution in [2.24, 2.45) is 0 Å². The highest BCUT2D eigenvalue weighted by molar-refractivity contribution is 9.10. The van der Waals surface area contributed by atoms with E-state index in [0.29, 0.717) is 0 Å². The zero-order chi connectivity index (χ0) is 11.4. The molecule has 4 nitrogen and oxygen atoms in total. The van der Waals surface area contributed by atoms with Crippen LogP contribution in [0.2, 0.25) is 0 Å².